The van der Waals surface area contributed by atoms with Crippen molar-refractivity contribution in [1.29, 1.82) is 0 Å². The molecular weight excluding hydrogens is 220 g/mol. The zero-order valence-corrected chi connectivity index (χ0v) is 9.59. The van der Waals surface area contributed by atoms with Crippen LogP contribution in [0.25, 0.3) is 15.7 Å². The molecular formula is C13H12O2S. The van der Waals surface area contributed by atoms with E-state index in [1.807, 2.05) is 24.3 Å². The summed E-state index contributed by atoms with van der Waals surface area (Å²) in [5.41, 5.74) is 1.95. The molecule has 0 spiro atoms. The van der Waals surface area contributed by atoms with Crippen LogP contribution in [0.15, 0.2) is 30.8 Å². The summed E-state index contributed by atoms with van der Waals surface area (Å²) in [6.07, 6.45) is 1.45. The smallest absolute Gasteiger partial charge is 0.160 e. The maximum absolute atomic E-state index is 10.7. The van der Waals surface area contributed by atoms with Crippen LogP contribution in [-0.4, -0.2) is 18.0 Å². The average Bonchev–Trinajstić information content (AvgIpc) is 2.70. The molecule has 0 radical (unpaired) electrons. The van der Waals surface area contributed by atoms with Crippen LogP contribution in [0.5, 0.6) is 0 Å². The van der Waals surface area contributed by atoms with Crippen LogP contribution < -0.4 is 0 Å². The van der Waals surface area contributed by atoms with Gasteiger partial charge in [-0.25, -0.2) is 0 Å². The molecule has 82 valence electrons. The van der Waals surface area contributed by atoms with Crippen LogP contribution in [0, 0.1) is 0 Å². The number of aliphatic hydroxyl groups excluding tert-OH is 1. The predicted molar refractivity (Wildman–Crippen MR) is 67.9 cm³/mol. The Morgan fingerprint density at radius 1 is 1.44 bits per heavy atom. The molecule has 0 aliphatic heterocycles. The fourth-order valence-electron chi connectivity index (χ4n) is 1.61. The van der Waals surface area contributed by atoms with Gasteiger partial charge in [0.1, 0.15) is 0 Å². The number of carbonyl (C=O) groups excluding carboxylic acids is 1. The summed E-state index contributed by atoms with van der Waals surface area (Å²) in [5.74, 6) is 0. The predicted octanol–water partition coefficient (Wildman–Crippen LogP) is 3.11. The fraction of sp³-hybridized carbons (Fsp3) is 0.154. The Labute approximate surface area is 97.8 Å². The van der Waals surface area contributed by atoms with E-state index in [0.29, 0.717) is 6.42 Å². The molecule has 16 heavy (non-hydrogen) atoms. The number of fused-ring (bicyclic) bond motifs is 1. The van der Waals surface area contributed by atoms with Crippen molar-refractivity contribution in [2.75, 3.05) is 6.61 Å². The molecule has 1 heterocycles. The van der Waals surface area contributed by atoms with Crippen molar-refractivity contribution >= 4 is 33.3 Å². The van der Waals surface area contributed by atoms with Gasteiger partial charge in [-0.2, -0.15) is 0 Å². The minimum absolute atomic E-state index is 0.112. The summed E-state index contributed by atoms with van der Waals surface area (Å²) in [4.78, 5) is 11.4. The zero-order valence-electron chi connectivity index (χ0n) is 8.77. The molecule has 2 nitrogen and oxygen atoms in total. The summed E-state index contributed by atoms with van der Waals surface area (Å²) in [5, 5.41) is 9.93. The summed E-state index contributed by atoms with van der Waals surface area (Å²) in [6, 6.07) is 7.86. The van der Waals surface area contributed by atoms with Crippen LogP contribution in [-0.2, 0) is 0 Å². The van der Waals surface area contributed by atoms with E-state index < -0.39 is 0 Å². The molecule has 1 aromatic carbocycles. The first-order valence-electron chi connectivity index (χ1n) is 5.02. The van der Waals surface area contributed by atoms with Crippen molar-refractivity contribution in [2.45, 2.75) is 6.42 Å². The molecule has 2 aromatic rings. The van der Waals surface area contributed by atoms with Crippen molar-refractivity contribution < 1.29 is 9.90 Å². The van der Waals surface area contributed by atoms with Gasteiger partial charge in [-0.1, -0.05) is 18.7 Å². The van der Waals surface area contributed by atoms with Gasteiger partial charge in [0.15, 0.2) is 6.29 Å². The van der Waals surface area contributed by atoms with Gasteiger partial charge in [-0.15, -0.1) is 11.3 Å². The van der Waals surface area contributed by atoms with Crippen LogP contribution in [0.4, 0.5) is 0 Å². The van der Waals surface area contributed by atoms with Crippen molar-refractivity contribution in [3.8, 4) is 0 Å². The normalized spacial score (nSPS) is 10.6. The van der Waals surface area contributed by atoms with Gasteiger partial charge in [0.2, 0.25) is 0 Å². The molecule has 0 amide bonds. The van der Waals surface area contributed by atoms with Crippen LogP contribution >= 0.6 is 11.3 Å². The molecule has 0 aliphatic carbocycles. The van der Waals surface area contributed by atoms with E-state index in [-0.39, 0.29) is 6.61 Å². The fourth-order valence-corrected chi connectivity index (χ4v) is 2.53. The van der Waals surface area contributed by atoms with Crippen LogP contribution in [0.3, 0.4) is 0 Å². The number of hydrogen-bond donors (Lipinski definition) is 1. The topological polar surface area (TPSA) is 37.3 Å². The second kappa shape index (κ2) is 4.60. The van der Waals surface area contributed by atoms with E-state index in [0.717, 1.165) is 32.4 Å². The molecule has 0 fully saturated rings. The highest BCUT2D eigenvalue weighted by atomic mass is 32.1. The Kier molecular flexibility index (Phi) is 3.17. The zero-order chi connectivity index (χ0) is 11.5. The average molecular weight is 232 g/mol. The Bertz CT molecular complexity index is 540. The summed E-state index contributed by atoms with van der Waals surface area (Å²) in [6.45, 7) is 4.04. The summed E-state index contributed by atoms with van der Waals surface area (Å²) in [7, 11) is 0. The number of hydrogen-bond acceptors (Lipinski definition) is 3. The number of aliphatic hydroxyl groups is 1. The lowest BCUT2D eigenvalue weighted by Crippen LogP contribution is -1.86. The molecule has 2 rings (SSSR count). The summed E-state index contributed by atoms with van der Waals surface area (Å²) >= 11 is 1.48. The van der Waals surface area contributed by atoms with Gasteiger partial charge in [0.25, 0.3) is 0 Å². The highest BCUT2D eigenvalue weighted by molar-refractivity contribution is 7.20. The molecule has 0 atom stereocenters. The van der Waals surface area contributed by atoms with Gasteiger partial charge >= 0.3 is 0 Å². The quantitative estimate of drug-likeness (QED) is 0.822. The molecule has 0 bridgehead atoms. The van der Waals surface area contributed by atoms with Crippen LogP contribution in [0.1, 0.15) is 21.7 Å². The van der Waals surface area contributed by atoms with E-state index in [2.05, 4.69) is 6.58 Å². The number of aldehydes is 1. The van der Waals surface area contributed by atoms with Crippen molar-refractivity contribution in [1.82, 2.24) is 0 Å². The third-order valence-electron chi connectivity index (χ3n) is 2.48. The SMILES string of the molecule is C=C(CCO)c1ccc2cc(C=O)sc2c1. The van der Waals surface area contributed by atoms with E-state index in [1.54, 1.807) is 0 Å². The van der Waals surface area contributed by atoms with Crippen LogP contribution in [0.2, 0.25) is 0 Å². The molecule has 3 heteroatoms. The highest BCUT2D eigenvalue weighted by Crippen LogP contribution is 2.28. The minimum Gasteiger partial charge on any atom is -0.396 e. The van der Waals surface area contributed by atoms with Crippen molar-refractivity contribution in [2.24, 2.45) is 0 Å². The first-order valence-corrected chi connectivity index (χ1v) is 5.84. The number of carbonyl (C=O) groups is 1. The third-order valence-corrected chi connectivity index (χ3v) is 3.50. The Morgan fingerprint density at radius 2 is 2.25 bits per heavy atom. The molecule has 1 N–H and O–H groups in total. The van der Waals surface area contributed by atoms with Gasteiger partial charge in [-0.3, -0.25) is 4.79 Å². The standard InChI is InChI=1S/C13H12O2S/c1-9(4-5-14)10-2-3-11-6-12(8-15)16-13(11)7-10/h2-3,6-8,14H,1,4-5H2. The highest BCUT2D eigenvalue weighted by Gasteiger charge is 2.04. The first kappa shape index (κ1) is 11.0. The van der Waals surface area contributed by atoms with E-state index in [9.17, 15) is 4.79 Å². The number of thiophene rings is 1. The van der Waals surface area contributed by atoms with Gasteiger partial charge < -0.3 is 5.11 Å². The Balaban J connectivity index is 2.42. The van der Waals surface area contributed by atoms with Crippen molar-refractivity contribution in [3.63, 3.8) is 0 Å². The monoisotopic (exact) mass is 232 g/mol. The van der Waals surface area contributed by atoms with Gasteiger partial charge in [0.05, 0.1) is 4.88 Å². The third kappa shape index (κ3) is 2.05. The van der Waals surface area contributed by atoms with E-state index in [4.69, 9.17) is 5.11 Å². The molecule has 0 unspecified atom stereocenters. The number of rotatable bonds is 4. The largest absolute Gasteiger partial charge is 0.396 e. The molecule has 0 aliphatic rings. The van der Waals surface area contributed by atoms with Crippen molar-refractivity contribution in [3.05, 3.63) is 41.3 Å². The molecule has 0 saturated carbocycles. The second-order valence-electron chi connectivity index (χ2n) is 3.60. The van der Waals surface area contributed by atoms with Gasteiger partial charge in [0, 0.05) is 11.3 Å². The van der Waals surface area contributed by atoms with E-state index >= 15 is 0 Å². The van der Waals surface area contributed by atoms with Gasteiger partial charge in [-0.05, 0) is 35.1 Å². The lowest BCUT2D eigenvalue weighted by atomic mass is 10.0. The Morgan fingerprint density at radius 3 is 2.94 bits per heavy atom. The molecule has 1 aromatic heterocycles. The van der Waals surface area contributed by atoms with E-state index in [1.165, 1.54) is 11.3 Å². The second-order valence-corrected chi connectivity index (χ2v) is 4.71. The number of benzene rings is 1. The maximum atomic E-state index is 10.7. The summed E-state index contributed by atoms with van der Waals surface area (Å²) < 4.78 is 1.08. The lowest BCUT2D eigenvalue weighted by Gasteiger charge is -2.03. The molecule has 0 saturated heterocycles. The Hall–Kier alpha value is -1.45. The lowest BCUT2D eigenvalue weighted by molar-refractivity contribution is 0.112. The minimum atomic E-state index is 0.112. The maximum Gasteiger partial charge on any atom is 0.160 e. The first-order chi connectivity index (χ1) is 7.74.